The zero-order valence-electron chi connectivity index (χ0n) is 20.3. The highest BCUT2D eigenvalue weighted by Crippen LogP contribution is 2.23. The number of piperazine rings is 1. The second-order valence-corrected chi connectivity index (χ2v) is 9.08. The van der Waals surface area contributed by atoms with Crippen LogP contribution in [0.2, 0.25) is 0 Å². The second kappa shape index (κ2) is 10.8. The van der Waals surface area contributed by atoms with Gasteiger partial charge in [-0.25, -0.2) is 8.91 Å². The van der Waals surface area contributed by atoms with Crippen LogP contribution in [0.15, 0.2) is 66.7 Å². The lowest BCUT2D eigenvalue weighted by atomic mass is 10.1. The van der Waals surface area contributed by atoms with Crippen LogP contribution in [0.1, 0.15) is 16.8 Å². The van der Waals surface area contributed by atoms with E-state index in [1.165, 1.54) is 12.1 Å². The number of amides is 1. The molecule has 8 nitrogen and oxygen atoms in total. The third-order valence-corrected chi connectivity index (χ3v) is 6.42. The molecule has 0 atom stereocenters. The van der Waals surface area contributed by atoms with Gasteiger partial charge in [-0.1, -0.05) is 18.2 Å². The van der Waals surface area contributed by atoms with Gasteiger partial charge in [0.15, 0.2) is 5.65 Å². The maximum atomic E-state index is 13.7. The first-order chi connectivity index (χ1) is 17.5. The van der Waals surface area contributed by atoms with Crippen molar-refractivity contribution in [3.63, 3.8) is 0 Å². The van der Waals surface area contributed by atoms with E-state index in [4.69, 9.17) is 0 Å². The Morgan fingerprint density at radius 3 is 2.56 bits per heavy atom. The normalized spacial score (nSPS) is 14.7. The van der Waals surface area contributed by atoms with Crippen LogP contribution in [0, 0.1) is 5.82 Å². The molecule has 2 N–H and O–H groups in total. The summed E-state index contributed by atoms with van der Waals surface area (Å²) in [5.74, 6) is 0.0348. The van der Waals surface area contributed by atoms with Gasteiger partial charge in [0.05, 0.1) is 5.69 Å². The second-order valence-electron chi connectivity index (χ2n) is 9.08. The first kappa shape index (κ1) is 23.9. The van der Waals surface area contributed by atoms with Gasteiger partial charge in [-0.05, 0) is 68.5 Å². The van der Waals surface area contributed by atoms with Crippen LogP contribution in [-0.2, 0) is 0 Å². The van der Waals surface area contributed by atoms with Gasteiger partial charge in [0.1, 0.15) is 5.82 Å². The number of hydrogen-bond acceptors (Lipinski definition) is 6. The molecule has 186 valence electrons. The van der Waals surface area contributed by atoms with Crippen LogP contribution in [0.4, 0.5) is 16.0 Å². The minimum absolute atomic E-state index is 0.0782. The number of benzene rings is 2. The molecule has 0 bridgehead atoms. The smallest absolute Gasteiger partial charge is 0.251 e. The number of carbonyl (C=O) groups excluding carboxylic acids is 1. The average molecular weight is 488 g/mol. The minimum Gasteiger partial charge on any atom is -0.352 e. The predicted octanol–water partition coefficient (Wildman–Crippen LogP) is 3.65. The highest BCUT2D eigenvalue weighted by molar-refractivity contribution is 5.94. The highest BCUT2D eigenvalue weighted by atomic mass is 19.1. The zero-order chi connectivity index (χ0) is 24.9. The largest absolute Gasteiger partial charge is 0.352 e. The molecule has 0 aliphatic carbocycles. The van der Waals surface area contributed by atoms with Crippen molar-refractivity contribution in [2.24, 2.45) is 0 Å². The Balaban J connectivity index is 1.17. The van der Waals surface area contributed by atoms with Crippen molar-refractivity contribution in [2.45, 2.75) is 6.42 Å². The predicted molar refractivity (Wildman–Crippen MR) is 139 cm³/mol. The van der Waals surface area contributed by atoms with Crippen LogP contribution in [-0.4, -0.2) is 76.6 Å². The van der Waals surface area contributed by atoms with Crippen LogP contribution in [0.5, 0.6) is 0 Å². The number of nitrogens with one attached hydrogen (secondary N) is 2. The number of pyridine rings is 1. The molecule has 1 amide bonds. The fraction of sp³-hybridized carbons (Fsp3) is 0.296. The monoisotopic (exact) mass is 487 g/mol. The fourth-order valence-corrected chi connectivity index (χ4v) is 4.34. The summed E-state index contributed by atoms with van der Waals surface area (Å²) < 4.78 is 15.4. The molecule has 0 saturated carbocycles. The molecule has 1 saturated heterocycles. The van der Waals surface area contributed by atoms with Crippen molar-refractivity contribution in [1.82, 2.24) is 29.7 Å². The molecule has 4 aromatic rings. The Labute approximate surface area is 209 Å². The van der Waals surface area contributed by atoms with Crippen molar-refractivity contribution in [1.29, 1.82) is 0 Å². The van der Waals surface area contributed by atoms with E-state index in [-0.39, 0.29) is 11.7 Å². The maximum absolute atomic E-state index is 13.7. The molecule has 36 heavy (non-hydrogen) atoms. The van der Waals surface area contributed by atoms with Crippen molar-refractivity contribution in [3.8, 4) is 11.3 Å². The van der Waals surface area contributed by atoms with E-state index >= 15 is 0 Å². The molecule has 3 heterocycles. The molecule has 5 rings (SSSR count). The molecular weight excluding hydrogens is 457 g/mol. The van der Waals surface area contributed by atoms with Gasteiger partial charge in [0.25, 0.3) is 5.91 Å². The van der Waals surface area contributed by atoms with Crippen LogP contribution in [0.3, 0.4) is 0 Å². The Bertz CT molecular complexity index is 1330. The molecule has 0 spiro atoms. The average Bonchev–Trinajstić information content (AvgIpc) is 3.30. The lowest BCUT2D eigenvalue weighted by molar-refractivity contribution is 0.0949. The van der Waals surface area contributed by atoms with Gasteiger partial charge in [-0.2, -0.15) is 4.98 Å². The molecule has 1 fully saturated rings. The Morgan fingerprint density at radius 1 is 1.00 bits per heavy atom. The molecule has 9 heteroatoms. The minimum atomic E-state index is -0.304. The fourth-order valence-electron chi connectivity index (χ4n) is 4.34. The first-order valence-corrected chi connectivity index (χ1v) is 12.2. The number of carbonyl (C=O) groups is 1. The molecule has 0 radical (unpaired) electrons. The number of anilines is 2. The Morgan fingerprint density at radius 2 is 1.78 bits per heavy atom. The summed E-state index contributed by atoms with van der Waals surface area (Å²) in [5, 5.41) is 10.7. The third kappa shape index (κ3) is 5.69. The summed E-state index contributed by atoms with van der Waals surface area (Å²) in [7, 11) is 2.15. The van der Waals surface area contributed by atoms with E-state index in [9.17, 15) is 9.18 Å². The molecule has 1 aliphatic rings. The van der Waals surface area contributed by atoms with Crippen molar-refractivity contribution in [2.75, 3.05) is 51.6 Å². The number of likely N-dealkylation sites (N-methyl/N-ethyl adjacent to an activating group) is 1. The topological polar surface area (TPSA) is 77.8 Å². The standard InChI is InChI=1S/C27H30FN7O/c1-33-15-17-34(18-16-33)14-4-13-29-26(36)20-9-11-23(12-10-20)30-27-31-25-8-3-7-24(35(25)32-27)21-5-2-6-22(28)19-21/h2-3,5-12,19H,4,13-18H2,1H3,(H,29,36)(H,30,32). The summed E-state index contributed by atoms with van der Waals surface area (Å²) in [5.41, 5.74) is 3.48. The summed E-state index contributed by atoms with van der Waals surface area (Å²) in [6, 6.07) is 19.2. The number of hydrogen-bond donors (Lipinski definition) is 2. The Kier molecular flexibility index (Phi) is 7.20. The van der Waals surface area contributed by atoms with Gasteiger partial charge in [-0.3, -0.25) is 4.79 Å². The van der Waals surface area contributed by atoms with E-state index in [1.54, 1.807) is 22.7 Å². The van der Waals surface area contributed by atoms with E-state index in [1.807, 2.05) is 36.4 Å². The molecule has 2 aromatic heterocycles. The van der Waals surface area contributed by atoms with Crippen LogP contribution < -0.4 is 10.6 Å². The first-order valence-electron chi connectivity index (χ1n) is 12.2. The number of fused-ring (bicyclic) bond motifs is 1. The van der Waals surface area contributed by atoms with Gasteiger partial charge < -0.3 is 20.4 Å². The van der Waals surface area contributed by atoms with Gasteiger partial charge in [-0.15, -0.1) is 5.10 Å². The van der Waals surface area contributed by atoms with Crippen LogP contribution >= 0.6 is 0 Å². The summed E-state index contributed by atoms with van der Waals surface area (Å²) in [6.45, 7) is 6.04. The van der Waals surface area contributed by atoms with Gasteiger partial charge in [0, 0.05) is 49.5 Å². The summed E-state index contributed by atoms with van der Waals surface area (Å²) in [6.07, 6.45) is 0.937. The summed E-state index contributed by atoms with van der Waals surface area (Å²) >= 11 is 0. The zero-order valence-corrected chi connectivity index (χ0v) is 20.3. The molecular formula is C27H30FN7O. The third-order valence-electron chi connectivity index (χ3n) is 6.42. The number of halogens is 1. The summed E-state index contributed by atoms with van der Waals surface area (Å²) in [4.78, 5) is 21.8. The Hall–Kier alpha value is -3.82. The molecule has 0 unspecified atom stereocenters. The lowest BCUT2D eigenvalue weighted by Gasteiger charge is -2.32. The van der Waals surface area contributed by atoms with Crippen LogP contribution in [0.25, 0.3) is 16.9 Å². The maximum Gasteiger partial charge on any atom is 0.251 e. The van der Waals surface area contributed by atoms with E-state index in [0.29, 0.717) is 23.7 Å². The van der Waals surface area contributed by atoms with Crippen molar-refractivity contribution >= 4 is 23.2 Å². The quantitative estimate of drug-likeness (QED) is 0.370. The number of rotatable bonds is 8. The lowest BCUT2D eigenvalue weighted by Crippen LogP contribution is -2.45. The van der Waals surface area contributed by atoms with Crippen molar-refractivity contribution < 1.29 is 9.18 Å². The van der Waals surface area contributed by atoms with E-state index in [0.717, 1.165) is 56.1 Å². The van der Waals surface area contributed by atoms with Gasteiger partial charge >= 0.3 is 0 Å². The molecule has 1 aliphatic heterocycles. The molecule has 2 aromatic carbocycles. The highest BCUT2D eigenvalue weighted by Gasteiger charge is 2.14. The van der Waals surface area contributed by atoms with E-state index < -0.39 is 0 Å². The SMILES string of the molecule is CN1CCN(CCCNC(=O)c2ccc(Nc3nc4cccc(-c5cccc(F)c5)n4n3)cc2)CC1. The van der Waals surface area contributed by atoms with E-state index in [2.05, 4.69) is 37.6 Å². The van der Waals surface area contributed by atoms with Crippen molar-refractivity contribution in [3.05, 3.63) is 78.1 Å². The number of aromatic nitrogens is 3. The number of nitrogens with zero attached hydrogens (tertiary/aromatic N) is 5. The van der Waals surface area contributed by atoms with Gasteiger partial charge in [0.2, 0.25) is 5.95 Å².